The second-order valence-corrected chi connectivity index (χ2v) is 10.4. The molecule has 172 valence electrons. The first-order valence-corrected chi connectivity index (χ1v) is 13.2. The molecule has 0 amide bonds. The van der Waals surface area contributed by atoms with Crippen molar-refractivity contribution in [3.63, 3.8) is 0 Å². The number of thioether (sulfide) groups is 1. The van der Waals surface area contributed by atoms with E-state index >= 15 is 0 Å². The summed E-state index contributed by atoms with van der Waals surface area (Å²) in [5.41, 5.74) is 5.04. The first kappa shape index (κ1) is 22.3. The molecule has 1 fully saturated rings. The van der Waals surface area contributed by atoms with E-state index in [0.717, 1.165) is 65.5 Å². The predicted octanol–water partition coefficient (Wildman–Crippen LogP) is 6.56. The SMILES string of the molecule is CCCCSc1nc2c(c(=O)n1-c1ccccc1OC)C1(CCCCC1)Cc1ccccc1-2. The molecule has 0 aliphatic heterocycles. The van der Waals surface area contributed by atoms with Crippen molar-refractivity contribution in [2.24, 2.45) is 0 Å². The fourth-order valence-electron chi connectivity index (χ4n) is 5.62. The van der Waals surface area contributed by atoms with Crippen LogP contribution in [0.15, 0.2) is 58.5 Å². The topological polar surface area (TPSA) is 44.1 Å². The normalized spacial score (nSPS) is 16.3. The van der Waals surface area contributed by atoms with Gasteiger partial charge in [0.15, 0.2) is 5.16 Å². The third kappa shape index (κ3) is 3.90. The van der Waals surface area contributed by atoms with Gasteiger partial charge < -0.3 is 4.74 Å². The van der Waals surface area contributed by atoms with Crippen molar-refractivity contribution >= 4 is 11.8 Å². The van der Waals surface area contributed by atoms with Crippen LogP contribution in [-0.2, 0) is 11.8 Å². The van der Waals surface area contributed by atoms with Gasteiger partial charge in [0.2, 0.25) is 0 Å². The highest BCUT2D eigenvalue weighted by molar-refractivity contribution is 7.99. The molecule has 0 radical (unpaired) electrons. The van der Waals surface area contributed by atoms with Crippen molar-refractivity contribution in [3.05, 3.63) is 70.0 Å². The molecule has 3 aromatic rings. The Morgan fingerprint density at radius 3 is 2.61 bits per heavy atom. The maximum absolute atomic E-state index is 14.5. The van der Waals surface area contributed by atoms with Gasteiger partial charge in [-0.3, -0.25) is 9.36 Å². The van der Waals surface area contributed by atoms with Gasteiger partial charge in [0.1, 0.15) is 5.75 Å². The Bertz CT molecular complexity index is 1210. The third-order valence-electron chi connectivity index (χ3n) is 7.25. The van der Waals surface area contributed by atoms with E-state index in [2.05, 4.69) is 31.2 Å². The van der Waals surface area contributed by atoms with Gasteiger partial charge in [-0.05, 0) is 43.4 Å². The molecule has 2 aromatic carbocycles. The molecule has 33 heavy (non-hydrogen) atoms. The zero-order valence-corrected chi connectivity index (χ0v) is 20.4. The molecule has 4 nitrogen and oxygen atoms in total. The number of ether oxygens (including phenoxy) is 1. The number of rotatable bonds is 6. The molecule has 1 saturated carbocycles. The van der Waals surface area contributed by atoms with Crippen LogP contribution in [0.5, 0.6) is 5.75 Å². The van der Waals surface area contributed by atoms with Gasteiger partial charge in [-0.2, -0.15) is 0 Å². The molecular weight excluding hydrogens is 428 g/mol. The number of benzene rings is 2. The Kier molecular flexibility index (Phi) is 6.33. The van der Waals surface area contributed by atoms with Crippen LogP contribution < -0.4 is 10.3 Å². The predicted molar refractivity (Wildman–Crippen MR) is 136 cm³/mol. The molecule has 0 atom stereocenters. The number of fused-ring (bicyclic) bond motifs is 4. The van der Waals surface area contributed by atoms with Crippen LogP contribution in [0.1, 0.15) is 63.0 Å². The third-order valence-corrected chi connectivity index (χ3v) is 8.27. The molecule has 1 heterocycles. The Morgan fingerprint density at radius 1 is 1.06 bits per heavy atom. The minimum absolute atomic E-state index is 0.0832. The fraction of sp³-hybridized carbons (Fsp3) is 0.429. The van der Waals surface area contributed by atoms with E-state index in [1.807, 2.05) is 28.8 Å². The van der Waals surface area contributed by atoms with E-state index in [-0.39, 0.29) is 11.0 Å². The van der Waals surface area contributed by atoms with Crippen LogP contribution in [0, 0.1) is 0 Å². The second-order valence-electron chi connectivity index (χ2n) is 9.31. The van der Waals surface area contributed by atoms with Crippen molar-refractivity contribution in [2.45, 2.75) is 68.9 Å². The number of nitrogens with zero attached hydrogens (tertiary/aromatic N) is 2. The van der Waals surface area contributed by atoms with E-state index in [4.69, 9.17) is 9.72 Å². The quantitative estimate of drug-likeness (QED) is 0.237. The van der Waals surface area contributed by atoms with E-state index in [1.165, 1.54) is 24.8 Å². The average molecular weight is 461 g/mol. The van der Waals surface area contributed by atoms with E-state index in [9.17, 15) is 4.79 Å². The van der Waals surface area contributed by atoms with Crippen molar-refractivity contribution in [3.8, 4) is 22.7 Å². The minimum atomic E-state index is -0.123. The Labute approximate surface area is 200 Å². The summed E-state index contributed by atoms with van der Waals surface area (Å²) in [7, 11) is 1.67. The smallest absolute Gasteiger partial charge is 0.263 e. The van der Waals surface area contributed by atoms with Crippen molar-refractivity contribution in [1.29, 1.82) is 0 Å². The number of methoxy groups -OCH3 is 1. The lowest BCUT2D eigenvalue weighted by Gasteiger charge is -2.42. The number of hydrogen-bond donors (Lipinski definition) is 0. The molecule has 0 unspecified atom stereocenters. The highest BCUT2D eigenvalue weighted by Crippen LogP contribution is 2.49. The van der Waals surface area contributed by atoms with Gasteiger partial charge in [0.05, 0.1) is 24.1 Å². The van der Waals surface area contributed by atoms with Crippen LogP contribution >= 0.6 is 11.8 Å². The van der Waals surface area contributed by atoms with Crippen molar-refractivity contribution < 1.29 is 4.74 Å². The lowest BCUT2D eigenvalue weighted by atomic mass is 9.62. The van der Waals surface area contributed by atoms with Crippen LogP contribution in [-0.4, -0.2) is 22.4 Å². The van der Waals surface area contributed by atoms with E-state index in [1.54, 1.807) is 18.9 Å². The molecule has 0 saturated heterocycles. The summed E-state index contributed by atoms with van der Waals surface area (Å²) in [6, 6.07) is 16.4. The molecule has 1 spiro atoms. The lowest BCUT2D eigenvalue weighted by molar-refractivity contribution is 0.283. The molecule has 0 bridgehead atoms. The van der Waals surface area contributed by atoms with Gasteiger partial charge in [0, 0.05) is 16.7 Å². The first-order valence-electron chi connectivity index (χ1n) is 12.2. The summed E-state index contributed by atoms with van der Waals surface area (Å²) in [6.07, 6.45) is 8.83. The minimum Gasteiger partial charge on any atom is -0.495 e. The number of para-hydroxylation sites is 2. The molecule has 2 aliphatic carbocycles. The van der Waals surface area contributed by atoms with Gasteiger partial charge >= 0.3 is 0 Å². The van der Waals surface area contributed by atoms with Gasteiger partial charge in [-0.1, -0.05) is 80.8 Å². The van der Waals surface area contributed by atoms with Gasteiger partial charge in [-0.15, -0.1) is 0 Å². The van der Waals surface area contributed by atoms with Crippen LogP contribution in [0.4, 0.5) is 0 Å². The standard InChI is InChI=1S/C28H32N2O2S/c1-3-4-18-33-27-29-25-21-13-7-6-12-20(21)19-28(16-10-5-11-17-28)24(25)26(31)30(27)22-14-8-9-15-23(22)32-2/h6-9,12-15H,3-5,10-11,16-19H2,1-2H3. The lowest BCUT2D eigenvalue weighted by Crippen LogP contribution is -2.43. The number of hydrogen-bond acceptors (Lipinski definition) is 4. The summed E-state index contributed by atoms with van der Waals surface area (Å²) >= 11 is 1.68. The van der Waals surface area contributed by atoms with Crippen LogP contribution in [0.2, 0.25) is 0 Å². The number of aromatic nitrogens is 2. The van der Waals surface area contributed by atoms with Crippen molar-refractivity contribution in [2.75, 3.05) is 12.9 Å². The summed E-state index contributed by atoms with van der Waals surface area (Å²) in [5, 5.41) is 0.763. The molecule has 1 aromatic heterocycles. The van der Waals surface area contributed by atoms with Crippen LogP contribution in [0.25, 0.3) is 16.9 Å². The fourth-order valence-corrected chi connectivity index (χ4v) is 6.70. The van der Waals surface area contributed by atoms with E-state index in [0.29, 0.717) is 5.75 Å². The Hall–Kier alpha value is -2.53. The Morgan fingerprint density at radius 2 is 1.82 bits per heavy atom. The summed E-state index contributed by atoms with van der Waals surface area (Å²) in [4.78, 5) is 19.7. The molecule has 5 rings (SSSR count). The molecule has 2 aliphatic rings. The largest absolute Gasteiger partial charge is 0.495 e. The Balaban J connectivity index is 1.81. The summed E-state index contributed by atoms with van der Waals surface area (Å²) in [5.74, 6) is 1.64. The van der Waals surface area contributed by atoms with Crippen molar-refractivity contribution in [1.82, 2.24) is 9.55 Å². The highest BCUT2D eigenvalue weighted by Gasteiger charge is 2.43. The zero-order valence-electron chi connectivity index (χ0n) is 19.6. The maximum Gasteiger partial charge on any atom is 0.263 e. The van der Waals surface area contributed by atoms with Crippen LogP contribution in [0.3, 0.4) is 0 Å². The highest BCUT2D eigenvalue weighted by atomic mass is 32.2. The molecule has 0 N–H and O–H groups in total. The zero-order chi connectivity index (χ0) is 22.8. The maximum atomic E-state index is 14.5. The molecule has 5 heteroatoms. The summed E-state index contributed by atoms with van der Waals surface area (Å²) in [6.45, 7) is 2.19. The molecular formula is C28H32N2O2S. The van der Waals surface area contributed by atoms with E-state index < -0.39 is 0 Å². The second kappa shape index (κ2) is 9.38. The summed E-state index contributed by atoms with van der Waals surface area (Å²) < 4.78 is 7.51. The number of unbranched alkanes of at least 4 members (excludes halogenated alkanes) is 1. The van der Waals surface area contributed by atoms with Gasteiger partial charge in [-0.25, -0.2) is 4.98 Å². The average Bonchev–Trinajstić information content (AvgIpc) is 2.85. The first-order chi connectivity index (χ1) is 16.2. The van der Waals surface area contributed by atoms with Gasteiger partial charge in [0.25, 0.3) is 5.56 Å². The monoisotopic (exact) mass is 460 g/mol.